The summed E-state index contributed by atoms with van der Waals surface area (Å²) in [6.45, 7) is 1.04. The Bertz CT molecular complexity index is 869. The number of ether oxygens (including phenoxy) is 1. The van der Waals surface area contributed by atoms with Crippen LogP contribution in [0.1, 0.15) is 11.1 Å². The molecule has 0 bridgehead atoms. The van der Waals surface area contributed by atoms with Crippen molar-refractivity contribution >= 4 is 17.0 Å². The summed E-state index contributed by atoms with van der Waals surface area (Å²) in [7, 11) is 3.99. The number of aromatic nitrogens is 1. The van der Waals surface area contributed by atoms with Crippen LogP contribution < -0.4 is 0 Å². The zero-order valence-corrected chi connectivity index (χ0v) is 14.5. The van der Waals surface area contributed by atoms with Crippen LogP contribution >= 0.6 is 0 Å². The summed E-state index contributed by atoms with van der Waals surface area (Å²) in [6.07, 6.45) is 2.05. The van der Waals surface area contributed by atoms with Crippen molar-refractivity contribution in [2.45, 2.75) is 13.0 Å². The van der Waals surface area contributed by atoms with Gasteiger partial charge in [0.25, 0.3) is 0 Å². The number of benzene rings is 2. The second-order valence-corrected chi connectivity index (χ2v) is 6.29. The van der Waals surface area contributed by atoms with Crippen LogP contribution in [0.25, 0.3) is 10.9 Å². The zero-order chi connectivity index (χ0) is 17.8. The number of carbonyl (C=O) groups is 1. The third-order valence-electron chi connectivity index (χ3n) is 4.12. The molecular formula is C20H22N2O3. The van der Waals surface area contributed by atoms with E-state index in [9.17, 15) is 9.90 Å². The second kappa shape index (κ2) is 7.40. The predicted molar refractivity (Wildman–Crippen MR) is 97.9 cm³/mol. The van der Waals surface area contributed by atoms with E-state index in [2.05, 4.69) is 4.90 Å². The van der Waals surface area contributed by atoms with Gasteiger partial charge in [-0.25, -0.2) is 4.79 Å². The van der Waals surface area contributed by atoms with Gasteiger partial charge >= 0.3 is 6.09 Å². The molecular weight excluding hydrogens is 316 g/mol. The molecule has 0 saturated heterocycles. The van der Waals surface area contributed by atoms with E-state index >= 15 is 0 Å². The first kappa shape index (κ1) is 17.0. The molecule has 130 valence electrons. The molecule has 5 heteroatoms. The molecule has 0 radical (unpaired) electrons. The molecule has 2 aromatic carbocycles. The molecule has 1 N–H and O–H groups in total. The van der Waals surface area contributed by atoms with Crippen LogP contribution in [0.15, 0.2) is 54.7 Å². The molecule has 0 aliphatic rings. The maximum Gasteiger partial charge on any atom is 0.418 e. The highest BCUT2D eigenvalue weighted by Crippen LogP contribution is 2.30. The largest absolute Gasteiger partial charge is 0.507 e. The van der Waals surface area contributed by atoms with Gasteiger partial charge in [0.05, 0.1) is 5.52 Å². The Balaban J connectivity index is 1.87. The minimum Gasteiger partial charge on any atom is -0.507 e. The van der Waals surface area contributed by atoms with Gasteiger partial charge in [0.2, 0.25) is 0 Å². The monoisotopic (exact) mass is 338 g/mol. The lowest BCUT2D eigenvalue weighted by molar-refractivity contribution is 0.142. The van der Waals surface area contributed by atoms with Crippen LogP contribution in [0.4, 0.5) is 4.79 Å². The van der Waals surface area contributed by atoms with E-state index < -0.39 is 6.09 Å². The first-order valence-electron chi connectivity index (χ1n) is 8.24. The Kier molecular flexibility index (Phi) is 5.05. The molecule has 5 nitrogen and oxygen atoms in total. The van der Waals surface area contributed by atoms with Crippen molar-refractivity contribution in [1.29, 1.82) is 0 Å². The fraction of sp³-hybridized carbons (Fsp3) is 0.250. The molecule has 25 heavy (non-hydrogen) atoms. The number of phenols is 1. The first-order valence-corrected chi connectivity index (χ1v) is 8.24. The predicted octanol–water partition coefficient (Wildman–Crippen LogP) is 3.64. The van der Waals surface area contributed by atoms with Gasteiger partial charge in [-0.2, -0.15) is 0 Å². The van der Waals surface area contributed by atoms with E-state index in [4.69, 9.17) is 4.74 Å². The second-order valence-electron chi connectivity index (χ2n) is 6.29. The van der Waals surface area contributed by atoms with Gasteiger partial charge in [-0.3, -0.25) is 4.57 Å². The number of hydrogen-bond donors (Lipinski definition) is 1. The van der Waals surface area contributed by atoms with E-state index in [1.54, 1.807) is 18.3 Å². The van der Waals surface area contributed by atoms with Crippen LogP contribution in [-0.2, 0) is 17.8 Å². The maximum atomic E-state index is 12.5. The first-order chi connectivity index (χ1) is 12.1. The van der Waals surface area contributed by atoms with Crippen molar-refractivity contribution in [3.63, 3.8) is 0 Å². The van der Waals surface area contributed by atoms with Crippen molar-refractivity contribution in [3.8, 4) is 5.75 Å². The molecule has 0 fully saturated rings. The maximum absolute atomic E-state index is 12.5. The normalized spacial score (nSPS) is 11.2. The number of rotatable bonds is 5. The zero-order valence-electron chi connectivity index (χ0n) is 14.5. The number of carbonyl (C=O) groups excluding carboxylic acids is 1. The minimum atomic E-state index is -0.449. The lowest BCUT2D eigenvalue weighted by Crippen LogP contribution is -2.15. The Morgan fingerprint density at radius 1 is 1.12 bits per heavy atom. The number of phenolic OH excluding ortho intramolecular Hbond substituents is 1. The van der Waals surface area contributed by atoms with Gasteiger partial charge in [0.15, 0.2) is 0 Å². The van der Waals surface area contributed by atoms with Gasteiger partial charge < -0.3 is 14.7 Å². The van der Waals surface area contributed by atoms with Gasteiger partial charge in [0, 0.05) is 18.1 Å². The fourth-order valence-corrected chi connectivity index (χ4v) is 2.82. The van der Waals surface area contributed by atoms with Crippen molar-refractivity contribution in [3.05, 3.63) is 65.9 Å². The highest BCUT2D eigenvalue weighted by atomic mass is 16.5. The number of nitrogens with zero attached hydrogens (tertiary/aromatic N) is 2. The number of aromatic hydroxyl groups is 1. The van der Waals surface area contributed by atoms with Crippen molar-refractivity contribution in [2.24, 2.45) is 0 Å². The van der Waals surface area contributed by atoms with Gasteiger partial charge in [-0.15, -0.1) is 0 Å². The minimum absolute atomic E-state index is 0.181. The highest BCUT2D eigenvalue weighted by molar-refractivity contribution is 5.95. The molecule has 1 aromatic heterocycles. The third-order valence-corrected chi connectivity index (χ3v) is 4.12. The number of hydrogen-bond acceptors (Lipinski definition) is 4. The summed E-state index contributed by atoms with van der Waals surface area (Å²) in [6, 6.07) is 14.8. The third kappa shape index (κ3) is 3.83. The Hall–Kier alpha value is -2.79. The van der Waals surface area contributed by atoms with E-state index in [0.717, 1.165) is 24.1 Å². The summed E-state index contributed by atoms with van der Waals surface area (Å²) in [4.78, 5) is 14.6. The topological polar surface area (TPSA) is 54.7 Å². The van der Waals surface area contributed by atoms with Crippen LogP contribution in [0.2, 0.25) is 0 Å². The summed E-state index contributed by atoms with van der Waals surface area (Å²) in [5.74, 6) is 0.181. The van der Waals surface area contributed by atoms with E-state index in [1.807, 2.05) is 50.5 Å². The highest BCUT2D eigenvalue weighted by Gasteiger charge is 2.17. The molecule has 1 heterocycles. The summed E-state index contributed by atoms with van der Waals surface area (Å²) < 4.78 is 6.91. The molecule has 0 amide bonds. The SMILES string of the molecule is CN(C)CCc1cn(C(=O)OCc2ccccc2)c2cccc(O)c12. The van der Waals surface area contributed by atoms with Crippen molar-refractivity contribution in [1.82, 2.24) is 9.47 Å². The van der Waals surface area contributed by atoms with Crippen LogP contribution in [-0.4, -0.2) is 41.3 Å². The standard InChI is InChI=1S/C20H22N2O3/c1-21(2)12-11-16-13-22(17-9-6-10-18(23)19(16)17)20(24)25-14-15-7-4-3-5-8-15/h3-10,13,23H,11-12,14H2,1-2H3. The average molecular weight is 338 g/mol. The molecule has 0 atom stereocenters. The molecule has 3 aromatic rings. The van der Waals surface area contributed by atoms with E-state index in [1.165, 1.54) is 4.57 Å². The lowest BCUT2D eigenvalue weighted by Gasteiger charge is -2.08. The van der Waals surface area contributed by atoms with Crippen LogP contribution in [0.3, 0.4) is 0 Å². The average Bonchev–Trinajstić information content (AvgIpc) is 2.99. The molecule has 0 unspecified atom stereocenters. The Morgan fingerprint density at radius 2 is 1.88 bits per heavy atom. The van der Waals surface area contributed by atoms with Gasteiger partial charge in [-0.05, 0) is 43.8 Å². The quantitative estimate of drug-likeness (QED) is 0.772. The summed E-state index contributed by atoms with van der Waals surface area (Å²) in [5.41, 5.74) is 2.52. The summed E-state index contributed by atoms with van der Waals surface area (Å²) >= 11 is 0. The molecule has 0 aliphatic carbocycles. The van der Waals surface area contributed by atoms with E-state index in [0.29, 0.717) is 10.9 Å². The van der Waals surface area contributed by atoms with Crippen molar-refractivity contribution < 1.29 is 14.6 Å². The molecule has 0 saturated carbocycles. The Labute approximate surface area is 147 Å². The summed E-state index contributed by atoms with van der Waals surface area (Å²) in [5, 5.41) is 11.0. The van der Waals surface area contributed by atoms with Crippen molar-refractivity contribution in [2.75, 3.05) is 20.6 Å². The smallest absolute Gasteiger partial charge is 0.418 e. The van der Waals surface area contributed by atoms with Gasteiger partial charge in [-0.1, -0.05) is 36.4 Å². The number of fused-ring (bicyclic) bond motifs is 1. The van der Waals surface area contributed by atoms with Crippen LogP contribution in [0.5, 0.6) is 5.75 Å². The molecule has 0 aliphatic heterocycles. The van der Waals surface area contributed by atoms with Gasteiger partial charge in [0.1, 0.15) is 12.4 Å². The molecule has 0 spiro atoms. The fourth-order valence-electron chi connectivity index (χ4n) is 2.82. The van der Waals surface area contributed by atoms with Crippen LogP contribution in [0, 0.1) is 0 Å². The Morgan fingerprint density at radius 3 is 2.60 bits per heavy atom. The van der Waals surface area contributed by atoms with E-state index in [-0.39, 0.29) is 12.4 Å². The lowest BCUT2D eigenvalue weighted by atomic mass is 10.1. The number of likely N-dealkylation sites (N-methyl/N-ethyl adjacent to an activating group) is 1. The molecule has 3 rings (SSSR count).